The summed E-state index contributed by atoms with van der Waals surface area (Å²) in [6.07, 6.45) is 5.46. The molecule has 0 radical (unpaired) electrons. The Balaban J connectivity index is 1.70. The number of hydrogen-bond acceptors (Lipinski definition) is 4. The van der Waals surface area contributed by atoms with E-state index in [-0.39, 0.29) is 6.10 Å². The standard InChI is InChI=1S/C20H32N2O3S/c1-15(2)16-5-3-6-17(13-16)21-18-7-4-8-20(14-18)26(24,25)22-11-9-19(23)10-12-22/h4,7-8,14-17,19,21,23H,3,5-6,9-13H2,1-2H3. The van der Waals surface area contributed by atoms with Crippen LogP contribution in [-0.4, -0.2) is 43.1 Å². The Morgan fingerprint density at radius 2 is 1.88 bits per heavy atom. The maximum atomic E-state index is 12.9. The van der Waals surface area contributed by atoms with Crippen molar-refractivity contribution in [2.75, 3.05) is 18.4 Å². The Labute approximate surface area is 157 Å². The van der Waals surface area contributed by atoms with Crippen LogP contribution in [0.15, 0.2) is 29.2 Å². The van der Waals surface area contributed by atoms with E-state index in [4.69, 9.17) is 0 Å². The van der Waals surface area contributed by atoms with E-state index in [0.717, 1.165) is 24.4 Å². The van der Waals surface area contributed by atoms with Gasteiger partial charge in [-0.05, 0) is 55.7 Å². The van der Waals surface area contributed by atoms with Crippen LogP contribution in [0, 0.1) is 11.8 Å². The molecular formula is C20H32N2O3S. The number of rotatable bonds is 5. The molecule has 2 aliphatic rings. The second-order valence-electron chi connectivity index (χ2n) is 8.18. The van der Waals surface area contributed by atoms with Gasteiger partial charge in [0.2, 0.25) is 10.0 Å². The predicted molar refractivity (Wildman–Crippen MR) is 105 cm³/mol. The van der Waals surface area contributed by atoms with Gasteiger partial charge in [0, 0.05) is 24.8 Å². The molecule has 1 aromatic carbocycles. The van der Waals surface area contributed by atoms with E-state index in [1.165, 1.54) is 17.1 Å². The molecule has 0 amide bonds. The first-order chi connectivity index (χ1) is 12.4. The summed E-state index contributed by atoms with van der Waals surface area (Å²) in [5.74, 6) is 1.44. The molecule has 2 atom stereocenters. The number of sulfonamides is 1. The number of nitrogens with zero attached hydrogens (tertiary/aromatic N) is 1. The summed E-state index contributed by atoms with van der Waals surface area (Å²) >= 11 is 0. The van der Waals surface area contributed by atoms with Gasteiger partial charge in [0.15, 0.2) is 0 Å². The number of nitrogens with one attached hydrogen (secondary N) is 1. The quantitative estimate of drug-likeness (QED) is 0.821. The van der Waals surface area contributed by atoms with Crippen LogP contribution in [0.2, 0.25) is 0 Å². The van der Waals surface area contributed by atoms with Crippen molar-refractivity contribution >= 4 is 15.7 Å². The highest BCUT2D eigenvalue weighted by molar-refractivity contribution is 7.89. The Bertz CT molecular complexity index is 697. The van der Waals surface area contributed by atoms with Gasteiger partial charge in [-0.3, -0.25) is 0 Å². The highest BCUT2D eigenvalue weighted by Crippen LogP contribution is 2.32. The number of aliphatic hydroxyl groups is 1. The molecule has 6 heteroatoms. The third-order valence-corrected chi connectivity index (χ3v) is 7.82. The molecule has 0 spiro atoms. The number of benzene rings is 1. The Morgan fingerprint density at radius 3 is 2.58 bits per heavy atom. The van der Waals surface area contributed by atoms with Crippen molar-refractivity contribution in [3.05, 3.63) is 24.3 Å². The molecule has 26 heavy (non-hydrogen) atoms. The zero-order chi connectivity index (χ0) is 18.7. The molecule has 1 aromatic rings. The van der Waals surface area contributed by atoms with Crippen LogP contribution < -0.4 is 5.32 Å². The molecule has 0 aromatic heterocycles. The van der Waals surface area contributed by atoms with Crippen LogP contribution in [0.4, 0.5) is 5.69 Å². The van der Waals surface area contributed by atoms with Crippen LogP contribution in [0.3, 0.4) is 0 Å². The number of aliphatic hydroxyl groups excluding tert-OH is 1. The molecule has 2 N–H and O–H groups in total. The van der Waals surface area contributed by atoms with Crippen molar-refractivity contribution in [2.24, 2.45) is 11.8 Å². The maximum Gasteiger partial charge on any atom is 0.243 e. The summed E-state index contributed by atoms with van der Waals surface area (Å²) < 4.78 is 27.3. The zero-order valence-electron chi connectivity index (χ0n) is 15.9. The smallest absolute Gasteiger partial charge is 0.243 e. The fourth-order valence-corrected chi connectivity index (χ4v) is 5.69. The van der Waals surface area contributed by atoms with Crippen LogP contribution in [0.25, 0.3) is 0 Å². The lowest BCUT2D eigenvalue weighted by Gasteiger charge is -2.33. The summed E-state index contributed by atoms with van der Waals surface area (Å²) in [6, 6.07) is 7.62. The first kappa shape index (κ1) is 19.6. The molecule has 2 unspecified atom stereocenters. The third-order valence-electron chi connectivity index (χ3n) is 5.92. The molecule has 5 nitrogen and oxygen atoms in total. The fraction of sp³-hybridized carbons (Fsp3) is 0.700. The van der Waals surface area contributed by atoms with E-state index in [2.05, 4.69) is 19.2 Å². The van der Waals surface area contributed by atoms with Gasteiger partial charge < -0.3 is 10.4 Å². The van der Waals surface area contributed by atoms with Crippen LogP contribution in [-0.2, 0) is 10.0 Å². The average molecular weight is 381 g/mol. The second kappa shape index (κ2) is 8.28. The SMILES string of the molecule is CC(C)C1CCCC(Nc2cccc(S(=O)(=O)N3CCC(O)CC3)c2)C1. The van der Waals surface area contributed by atoms with Gasteiger partial charge >= 0.3 is 0 Å². The zero-order valence-corrected chi connectivity index (χ0v) is 16.7. The van der Waals surface area contributed by atoms with Crippen molar-refractivity contribution < 1.29 is 13.5 Å². The minimum absolute atomic E-state index is 0.343. The first-order valence-corrected chi connectivity index (χ1v) is 11.3. The van der Waals surface area contributed by atoms with Gasteiger partial charge in [-0.1, -0.05) is 32.8 Å². The van der Waals surface area contributed by atoms with Crippen molar-refractivity contribution in [3.63, 3.8) is 0 Å². The van der Waals surface area contributed by atoms with Crippen LogP contribution in [0.1, 0.15) is 52.4 Å². The van der Waals surface area contributed by atoms with Crippen LogP contribution >= 0.6 is 0 Å². The fourth-order valence-electron chi connectivity index (χ4n) is 4.18. The van der Waals surface area contributed by atoms with E-state index in [1.807, 2.05) is 12.1 Å². The Hall–Kier alpha value is -1.11. The molecule has 3 rings (SSSR count). The number of piperidine rings is 1. The lowest BCUT2D eigenvalue weighted by molar-refractivity contribution is 0.113. The van der Waals surface area contributed by atoms with Crippen molar-refractivity contribution in [3.8, 4) is 0 Å². The van der Waals surface area contributed by atoms with E-state index in [9.17, 15) is 13.5 Å². The molecule has 1 saturated carbocycles. The van der Waals surface area contributed by atoms with E-state index >= 15 is 0 Å². The van der Waals surface area contributed by atoms with Gasteiger partial charge in [-0.15, -0.1) is 0 Å². The van der Waals surface area contributed by atoms with Crippen molar-refractivity contribution in [2.45, 2.75) is 69.4 Å². The van der Waals surface area contributed by atoms with E-state index < -0.39 is 10.0 Å². The van der Waals surface area contributed by atoms with Gasteiger partial charge in [0.1, 0.15) is 0 Å². The summed E-state index contributed by atoms with van der Waals surface area (Å²) in [7, 11) is -3.49. The summed E-state index contributed by atoms with van der Waals surface area (Å²) in [6.45, 7) is 5.35. The van der Waals surface area contributed by atoms with Crippen molar-refractivity contribution in [1.82, 2.24) is 4.31 Å². The predicted octanol–water partition coefficient (Wildman–Crippen LogP) is 3.46. The van der Waals surface area contributed by atoms with Crippen LogP contribution in [0.5, 0.6) is 0 Å². The number of anilines is 1. The molecule has 1 saturated heterocycles. The monoisotopic (exact) mass is 380 g/mol. The summed E-state index contributed by atoms with van der Waals surface area (Å²) in [5.41, 5.74) is 0.887. The molecule has 1 aliphatic carbocycles. The maximum absolute atomic E-state index is 12.9. The highest BCUT2D eigenvalue weighted by atomic mass is 32.2. The third kappa shape index (κ3) is 4.59. The van der Waals surface area contributed by atoms with Gasteiger partial charge in [0.25, 0.3) is 0 Å². The summed E-state index contributed by atoms with van der Waals surface area (Å²) in [5, 5.41) is 13.2. The normalized spacial score (nSPS) is 26.2. The summed E-state index contributed by atoms with van der Waals surface area (Å²) in [4.78, 5) is 0.343. The second-order valence-corrected chi connectivity index (χ2v) is 10.1. The minimum Gasteiger partial charge on any atom is -0.393 e. The lowest BCUT2D eigenvalue weighted by Crippen LogP contribution is -2.40. The average Bonchev–Trinajstić information content (AvgIpc) is 2.62. The molecule has 146 valence electrons. The van der Waals surface area contributed by atoms with Crippen molar-refractivity contribution in [1.29, 1.82) is 0 Å². The van der Waals surface area contributed by atoms with Gasteiger partial charge in [0.05, 0.1) is 11.0 Å². The first-order valence-electron chi connectivity index (χ1n) is 9.91. The lowest BCUT2D eigenvalue weighted by atomic mass is 9.79. The molecular weight excluding hydrogens is 348 g/mol. The Kier molecular flexibility index (Phi) is 6.25. The van der Waals surface area contributed by atoms with E-state index in [0.29, 0.717) is 42.8 Å². The van der Waals surface area contributed by atoms with E-state index in [1.54, 1.807) is 12.1 Å². The molecule has 1 heterocycles. The Morgan fingerprint density at radius 1 is 1.15 bits per heavy atom. The minimum atomic E-state index is -3.49. The van der Waals surface area contributed by atoms with Gasteiger partial charge in [-0.2, -0.15) is 4.31 Å². The molecule has 2 fully saturated rings. The largest absolute Gasteiger partial charge is 0.393 e. The molecule has 1 aliphatic heterocycles. The highest BCUT2D eigenvalue weighted by Gasteiger charge is 2.29. The number of hydrogen-bond donors (Lipinski definition) is 2. The van der Waals surface area contributed by atoms with Gasteiger partial charge in [-0.25, -0.2) is 8.42 Å². The molecule has 0 bridgehead atoms. The topological polar surface area (TPSA) is 69.6 Å².